The number of nitrogens with two attached hydrogens (primary N) is 2. The molecule has 2 rings (SSSR count). The van der Waals surface area contributed by atoms with E-state index in [1.165, 1.54) is 16.8 Å². The third kappa shape index (κ3) is 2.82. The summed E-state index contributed by atoms with van der Waals surface area (Å²) in [6.07, 6.45) is 1.54. The van der Waals surface area contributed by atoms with E-state index in [1.54, 1.807) is 19.1 Å². The van der Waals surface area contributed by atoms with E-state index in [0.717, 1.165) is 5.56 Å². The van der Waals surface area contributed by atoms with Crippen LogP contribution in [0.15, 0.2) is 29.2 Å². The summed E-state index contributed by atoms with van der Waals surface area (Å²) in [5.74, 6) is 0.0707. The van der Waals surface area contributed by atoms with Crippen LogP contribution in [0, 0.1) is 10.5 Å². The predicted molar refractivity (Wildman–Crippen MR) is 84.4 cm³/mol. The van der Waals surface area contributed by atoms with E-state index in [2.05, 4.69) is 4.98 Å². The van der Waals surface area contributed by atoms with Gasteiger partial charge in [-0.25, -0.2) is 4.98 Å². The molecule has 4 N–H and O–H groups in total. The molecule has 7 heteroatoms. The van der Waals surface area contributed by atoms with Crippen molar-refractivity contribution >= 4 is 34.2 Å². The lowest BCUT2D eigenvalue weighted by Crippen LogP contribution is -2.26. The maximum Gasteiger partial charge on any atom is 0.267 e. The van der Waals surface area contributed by atoms with Crippen molar-refractivity contribution in [2.24, 2.45) is 5.73 Å². The topological polar surface area (TPSA) is 104 Å². The number of hydrogen-bond donors (Lipinski definition) is 2. The number of anilines is 1. The minimum atomic E-state index is -0.535. The van der Waals surface area contributed by atoms with Crippen LogP contribution in [0.1, 0.15) is 21.7 Å². The average Bonchev–Trinajstić information content (AvgIpc) is 2.40. The molecule has 0 fully saturated rings. The third-order valence-electron chi connectivity index (χ3n) is 2.96. The van der Waals surface area contributed by atoms with Gasteiger partial charge in [0.2, 0.25) is 5.91 Å². The molecule has 0 radical (unpaired) electrons. The molecule has 0 aliphatic rings. The zero-order valence-electron chi connectivity index (χ0n) is 10.8. The van der Waals surface area contributed by atoms with Crippen LogP contribution in [0.4, 0.5) is 5.69 Å². The van der Waals surface area contributed by atoms with E-state index in [4.69, 9.17) is 11.5 Å². The molecule has 0 saturated heterocycles. The maximum atomic E-state index is 12.1. The van der Waals surface area contributed by atoms with Crippen LogP contribution in [-0.2, 0) is 6.54 Å². The fraction of sp³-hybridized carbons (Fsp3) is 0.154. The molecule has 0 bridgehead atoms. The van der Waals surface area contributed by atoms with Crippen LogP contribution in [0.5, 0.6) is 0 Å². The first-order chi connectivity index (χ1) is 9.40. The Balaban J connectivity index is 2.43. The molecule has 104 valence electrons. The van der Waals surface area contributed by atoms with Crippen LogP contribution in [0.3, 0.4) is 0 Å². The maximum absolute atomic E-state index is 12.1. The van der Waals surface area contributed by atoms with E-state index in [9.17, 15) is 9.59 Å². The fourth-order valence-corrected chi connectivity index (χ4v) is 2.23. The molecule has 1 amide bonds. The first kappa shape index (κ1) is 14.5. The lowest BCUT2D eigenvalue weighted by atomic mass is 10.1. The smallest absolute Gasteiger partial charge is 0.267 e. The Hall–Kier alpha value is -1.90. The predicted octanol–water partition coefficient (Wildman–Crippen LogP) is 0.886. The van der Waals surface area contributed by atoms with Crippen molar-refractivity contribution < 1.29 is 4.79 Å². The highest BCUT2D eigenvalue weighted by atomic mass is 127. The number of halogens is 1. The van der Waals surface area contributed by atoms with Crippen LogP contribution in [0.25, 0.3) is 0 Å². The van der Waals surface area contributed by atoms with E-state index in [0.29, 0.717) is 27.2 Å². The Labute approximate surface area is 128 Å². The van der Waals surface area contributed by atoms with Crippen molar-refractivity contribution in [1.29, 1.82) is 0 Å². The first-order valence-corrected chi connectivity index (χ1v) is 6.88. The number of hydrogen-bond acceptors (Lipinski definition) is 4. The second kappa shape index (κ2) is 5.61. The normalized spacial score (nSPS) is 10.5. The summed E-state index contributed by atoms with van der Waals surface area (Å²) >= 11 is 1.94. The van der Waals surface area contributed by atoms with Gasteiger partial charge in [0.1, 0.15) is 5.82 Å². The Morgan fingerprint density at radius 1 is 1.45 bits per heavy atom. The van der Waals surface area contributed by atoms with Gasteiger partial charge in [-0.2, -0.15) is 0 Å². The minimum Gasteiger partial charge on any atom is -0.398 e. The number of primary amides is 1. The number of nitrogen functional groups attached to an aromatic ring is 1. The lowest BCUT2D eigenvalue weighted by Gasteiger charge is -2.12. The molecule has 1 aromatic carbocycles. The number of aryl methyl sites for hydroxylation is 1. The van der Waals surface area contributed by atoms with Gasteiger partial charge in [0.25, 0.3) is 5.56 Å². The molecule has 0 spiro atoms. The van der Waals surface area contributed by atoms with Crippen molar-refractivity contribution in [3.63, 3.8) is 0 Å². The third-order valence-corrected chi connectivity index (χ3v) is 3.70. The molecule has 0 atom stereocenters. The number of carbonyl (C=O) groups excluding carboxylic acids is 1. The highest BCUT2D eigenvalue weighted by Crippen LogP contribution is 2.15. The van der Waals surface area contributed by atoms with Crippen LogP contribution < -0.4 is 17.0 Å². The Morgan fingerprint density at radius 2 is 2.15 bits per heavy atom. The van der Waals surface area contributed by atoms with E-state index >= 15 is 0 Å². The van der Waals surface area contributed by atoms with Crippen LogP contribution >= 0.6 is 22.6 Å². The molecule has 6 nitrogen and oxygen atoms in total. The summed E-state index contributed by atoms with van der Waals surface area (Å²) in [5.41, 5.74) is 12.5. The van der Waals surface area contributed by atoms with Crippen molar-refractivity contribution in [3.05, 3.63) is 55.3 Å². The SMILES string of the molecule is Cc1ncc(I)c(=O)n1Cc1ccc(C(N)=O)cc1N. The second-order valence-electron chi connectivity index (χ2n) is 4.32. The number of nitrogens with zero attached hydrogens (tertiary/aromatic N) is 2. The number of rotatable bonds is 3. The van der Waals surface area contributed by atoms with E-state index < -0.39 is 5.91 Å². The van der Waals surface area contributed by atoms with Crippen LogP contribution in [0.2, 0.25) is 0 Å². The van der Waals surface area contributed by atoms with Gasteiger partial charge in [0.15, 0.2) is 0 Å². The molecule has 0 saturated carbocycles. The van der Waals surface area contributed by atoms with Crippen molar-refractivity contribution in [1.82, 2.24) is 9.55 Å². The fourth-order valence-electron chi connectivity index (χ4n) is 1.80. The second-order valence-corrected chi connectivity index (χ2v) is 5.48. The van der Waals surface area contributed by atoms with Gasteiger partial charge in [0.05, 0.1) is 10.1 Å². The largest absolute Gasteiger partial charge is 0.398 e. The Bertz CT molecular complexity index is 740. The molecular weight excluding hydrogens is 371 g/mol. The monoisotopic (exact) mass is 384 g/mol. The van der Waals surface area contributed by atoms with Crippen molar-refractivity contribution in [2.75, 3.05) is 5.73 Å². The number of carbonyl (C=O) groups is 1. The summed E-state index contributed by atoms with van der Waals surface area (Å²) in [5, 5.41) is 0. The molecule has 1 heterocycles. The number of aromatic nitrogens is 2. The van der Waals surface area contributed by atoms with Crippen LogP contribution in [-0.4, -0.2) is 15.5 Å². The number of amides is 1. The van der Waals surface area contributed by atoms with Crippen molar-refractivity contribution in [2.45, 2.75) is 13.5 Å². The first-order valence-electron chi connectivity index (χ1n) is 5.80. The lowest BCUT2D eigenvalue weighted by molar-refractivity contribution is 0.100. The minimum absolute atomic E-state index is 0.114. The molecule has 2 aromatic rings. The molecular formula is C13H13IN4O2. The van der Waals surface area contributed by atoms with Gasteiger partial charge in [0, 0.05) is 17.4 Å². The molecule has 1 aromatic heterocycles. The van der Waals surface area contributed by atoms with E-state index in [-0.39, 0.29) is 5.56 Å². The highest BCUT2D eigenvalue weighted by Gasteiger charge is 2.09. The van der Waals surface area contributed by atoms with Gasteiger partial charge >= 0.3 is 0 Å². The van der Waals surface area contributed by atoms with Crippen molar-refractivity contribution in [3.8, 4) is 0 Å². The van der Waals surface area contributed by atoms with Gasteiger partial charge in [-0.1, -0.05) is 6.07 Å². The average molecular weight is 384 g/mol. The molecule has 0 aliphatic carbocycles. The summed E-state index contributed by atoms with van der Waals surface area (Å²) in [7, 11) is 0. The van der Waals surface area contributed by atoms with Gasteiger partial charge in [-0.15, -0.1) is 0 Å². The molecule has 0 unspecified atom stereocenters. The number of benzene rings is 1. The van der Waals surface area contributed by atoms with E-state index in [1.807, 2.05) is 22.6 Å². The zero-order valence-corrected chi connectivity index (χ0v) is 12.9. The standard InChI is InChI=1S/C13H13IN4O2/c1-7-17-5-10(14)13(20)18(7)6-9-3-2-8(12(16)19)4-11(9)15/h2-5H,6,15H2,1H3,(H2,16,19). The summed E-state index contributed by atoms with van der Waals surface area (Å²) in [6, 6.07) is 4.80. The highest BCUT2D eigenvalue weighted by molar-refractivity contribution is 14.1. The molecule has 0 aliphatic heterocycles. The zero-order chi connectivity index (χ0) is 14.9. The van der Waals surface area contributed by atoms with Gasteiger partial charge in [-0.3, -0.25) is 14.2 Å². The molecule has 20 heavy (non-hydrogen) atoms. The summed E-state index contributed by atoms with van der Waals surface area (Å²) in [4.78, 5) is 27.3. The summed E-state index contributed by atoms with van der Waals surface area (Å²) in [6.45, 7) is 2.06. The van der Waals surface area contributed by atoms with Gasteiger partial charge < -0.3 is 11.5 Å². The summed E-state index contributed by atoms with van der Waals surface area (Å²) < 4.78 is 2.08. The quantitative estimate of drug-likeness (QED) is 0.606. The van der Waals surface area contributed by atoms with Gasteiger partial charge in [-0.05, 0) is 47.2 Å². The Kier molecular flexibility index (Phi) is 4.07. The Morgan fingerprint density at radius 3 is 2.75 bits per heavy atom.